The third-order valence-corrected chi connectivity index (χ3v) is 4.82. The van der Waals surface area contributed by atoms with Crippen LogP contribution in [0, 0.1) is 5.82 Å². The van der Waals surface area contributed by atoms with Crippen LogP contribution in [0.15, 0.2) is 35.6 Å². The third-order valence-electron chi connectivity index (χ3n) is 3.84. The minimum absolute atomic E-state index is 0.0703. The normalized spacial score (nSPS) is 20.0. The van der Waals surface area contributed by atoms with Crippen molar-refractivity contribution in [2.75, 3.05) is 11.1 Å². The molecule has 0 unspecified atom stereocenters. The number of aliphatic imine (C=N–C) groups is 1. The quantitative estimate of drug-likeness (QED) is 0.854. The summed E-state index contributed by atoms with van der Waals surface area (Å²) in [6.07, 6.45) is 3.28. The fourth-order valence-corrected chi connectivity index (χ4v) is 3.67. The number of hydrogen-bond donors (Lipinski definition) is 2. The van der Waals surface area contributed by atoms with Crippen LogP contribution in [0.5, 0.6) is 0 Å². The van der Waals surface area contributed by atoms with Crippen LogP contribution in [0.25, 0.3) is 0 Å². The zero-order valence-corrected chi connectivity index (χ0v) is 14.9. The molecule has 1 aromatic heterocycles. The van der Waals surface area contributed by atoms with E-state index in [1.165, 1.54) is 36.3 Å². The molecule has 9 heteroatoms. The van der Waals surface area contributed by atoms with Crippen LogP contribution in [-0.4, -0.2) is 26.8 Å². The molecule has 6 nitrogen and oxygen atoms in total. The van der Waals surface area contributed by atoms with Crippen molar-refractivity contribution < 1.29 is 9.18 Å². The average molecular weight is 380 g/mol. The highest BCUT2D eigenvalue weighted by Gasteiger charge is 2.32. The van der Waals surface area contributed by atoms with Crippen molar-refractivity contribution in [3.63, 3.8) is 0 Å². The molecular formula is C16H15ClFN5OS. The van der Waals surface area contributed by atoms with Gasteiger partial charge in [-0.2, -0.15) is 0 Å². The monoisotopic (exact) mass is 379 g/mol. The minimum Gasteiger partial charge on any atom is -0.379 e. The number of aromatic nitrogens is 2. The summed E-state index contributed by atoms with van der Waals surface area (Å²) in [5, 5.41) is 3.21. The van der Waals surface area contributed by atoms with Crippen molar-refractivity contribution >= 4 is 40.1 Å². The summed E-state index contributed by atoms with van der Waals surface area (Å²) in [6, 6.07) is 4.34. The van der Waals surface area contributed by atoms with Crippen LogP contribution < -0.4 is 11.1 Å². The molecule has 0 saturated carbocycles. The molecular weight excluding hydrogens is 365 g/mol. The molecule has 0 radical (unpaired) electrons. The van der Waals surface area contributed by atoms with Gasteiger partial charge in [-0.25, -0.2) is 9.37 Å². The summed E-state index contributed by atoms with van der Waals surface area (Å²) in [7, 11) is 0. The maximum absolute atomic E-state index is 14.4. The summed E-state index contributed by atoms with van der Waals surface area (Å²) < 4.78 is 14.4. The van der Waals surface area contributed by atoms with E-state index >= 15 is 0 Å². The molecule has 130 valence electrons. The highest BCUT2D eigenvalue weighted by atomic mass is 35.5. The Hall–Kier alpha value is -2.19. The summed E-state index contributed by atoms with van der Waals surface area (Å²) >= 11 is 7.18. The summed E-state index contributed by atoms with van der Waals surface area (Å²) in [5.41, 5.74) is 5.91. The number of amides is 1. The first kappa shape index (κ1) is 17.6. The van der Waals surface area contributed by atoms with E-state index in [1.807, 2.05) is 6.92 Å². The van der Waals surface area contributed by atoms with E-state index in [4.69, 9.17) is 17.3 Å². The van der Waals surface area contributed by atoms with Crippen LogP contribution in [0.1, 0.15) is 29.4 Å². The number of nitrogens with one attached hydrogen (secondary N) is 1. The predicted octanol–water partition coefficient (Wildman–Crippen LogP) is 3.19. The molecule has 3 rings (SSSR count). The first-order valence-corrected chi connectivity index (χ1v) is 8.81. The second kappa shape index (κ2) is 6.97. The molecule has 1 aliphatic rings. The van der Waals surface area contributed by atoms with Gasteiger partial charge in [0.25, 0.3) is 5.91 Å². The van der Waals surface area contributed by atoms with Gasteiger partial charge < -0.3 is 11.1 Å². The Kier molecular flexibility index (Phi) is 4.91. The highest BCUT2D eigenvalue weighted by molar-refractivity contribution is 8.13. The van der Waals surface area contributed by atoms with Crippen molar-refractivity contribution in [2.45, 2.75) is 18.9 Å². The molecule has 1 aliphatic heterocycles. The molecule has 1 amide bonds. The summed E-state index contributed by atoms with van der Waals surface area (Å²) in [4.78, 5) is 24.4. The van der Waals surface area contributed by atoms with Crippen LogP contribution >= 0.6 is 23.4 Å². The largest absolute Gasteiger partial charge is 0.379 e. The molecule has 1 atom stereocenters. The Labute approximate surface area is 153 Å². The van der Waals surface area contributed by atoms with Gasteiger partial charge in [-0.05, 0) is 31.5 Å². The summed E-state index contributed by atoms with van der Waals surface area (Å²) in [6.45, 7) is 1.83. The second-order valence-corrected chi connectivity index (χ2v) is 7.20. The van der Waals surface area contributed by atoms with Crippen LogP contribution in [0.2, 0.25) is 5.15 Å². The Morgan fingerprint density at radius 2 is 2.24 bits per heavy atom. The van der Waals surface area contributed by atoms with Gasteiger partial charge in [-0.3, -0.25) is 14.8 Å². The first-order chi connectivity index (χ1) is 11.9. The highest BCUT2D eigenvalue weighted by Crippen LogP contribution is 2.37. The van der Waals surface area contributed by atoms with Gasteiger partial charge in [0.15, 0.2) is 5.17 Å². The number of thioether (sulfide) groups is 1. The third kappa shape index (κ3) is 3.91. The number of rotatable bonds is 3. The molecule has 0 aliphatic carbocycles. The topological polar surface area (TPSA) is 93.3 Å². The molecule has 2 heterocycles. The van der Waals surface area contributed by atoms with E-state index in [9.17, 15) is 9.18 Å². The van der Waals surface area contributed by atoms with E-state index < -0.39 is 17.3 Å². The number of amidine groups is 1. The standard InChI is InChI=1S/C16H15ClFN5OS/c1-16(4-5-25-15(19)23-16)10-6-9(2-3-11(10)18)21-14(24)12-7-20-8-13(17)22-12/h2-3,6-8H,4-5H2,1H3,(H2,19,23)(H,21,24)/t16-/m0/s1. The van der Waals surface area contributed by atoms with Gasteiger partial charge in [0.2, 0.25) is 0 Å². The second-order valence-electron chi connectivity index (χ2n) is 5.70. The van der Waals surface area contributed by atoms with E-state index in [0.717, 1.165) is 5.75 Å². The molecule has 0 bridgehead atoms. The lowest BCUT2D eigenvalue weighted by Crippen LogP contribution is -2.29. The van der Waals surface area contributed by atoms with Crippen molar-refractivity contribution in [2.24, 2.45) is 10.7 Å². The predicted molar refractivity (Wildman–Crippen MR) is 97.4 cm³/mol. The number of carbonyl (C=O) groups is 1. The van der Waals surface area contributed by atoms with E-state index in [0.29, 0.717) is 22.8 Å². The van der Waals surface area contributed by atoms with Gasteiger partial charge in [-0.1, -0.05) is 23.4 Å². The van der Waals surface area contributed by atoms with Gasteiger partial charge in [0.1, 0.15) is 16.7 Å². The molecule has 25 heavy (non-hydrogen) atoms. The Balaban J connectivity index is 1.89. The number of anilines is 1. The zero-order valence-electron chi connectivity index (χ0n) is 13.3. The fourth-order valence-electron chi connectivity index (χ4n) is 2.54. The molecule has 0 saturated heterocycles. The van der Waals surface area contributed by atoms with Gasteiger partial charge in [-0.15, -0.1) is 0 Å². The van der Waals surface area contributed by atoms with E-state index in [2.05, 4.69) is 20.3 Å². The fraction of sp³-hybridized carbons (Fsp3) is 0.250. The van der Waals surface area contributed by atoms with Crippen molar-refractivity contribution in [1.29, 1.82) is 0 Å². The molecule has 1 aromatic carbocycles. The SMILES string of the molecule is C[C@@]1(c2cc(NC(=O)c3cncc(Cl)n3)ccc2F)CCSC(N)=N1. The number of hydrogen-bond acceptors (Lipinski definition) is 6. The van der Waals surface area contributed by atoms with Crippen molar-refractivity contribution in [1.82, 2.24) is 9.97 Å². The van der Waals surface area contributed by atoms with Crippen molar-refractivity contribution in [3.05, 3.63) is 52.8 Å². The smallest absolute Gasteiger partial charge is 0.275 e. The molecule has 3 N–H and O–H groups in total. The zero-order chi connectivity index (χ0) is 18.0. The number of benzene rings is 1. The van der Waals surface area contributed by atoms with Crippen molar-refractivity contribution in [3.8, 4) is 0 Å². The lowest BCUT2D eigenvalue weighted by molar-refractivity contribution is 0.102. The Bertz CT molecular complexity index is 862. The average Bonchev–Trinajstić information content (AvgIpc) is 2.56. The van der Waals surface area contributed by atoms with Gasteiger partial charge in [0, 0.05) is 17.0 Å². The maximum atomic E-state index is 14.4. The van der Waals surface area contributed by atoms with Crippen LogP contribution in [0.4, 0.5) is 10.1 Å². The minimum atomic E-state index is -0.768. The first-order valence-electron chi connectivity index (χ1n) is 7.44. The van der Waals surface area contributed by atoms with Gasteiger partial charge in [0.05, 0.1) is 17.9 Å². The lowest BCUT2D eigenvalue weighted by atomic mass is 9.89. The van der Waals surface area contributed by atoms with Gasteiger partial charge >= 0.3 is 0 Å². The number of halogens is 2. The molecule has 2 aromatic rings. The number of nitrogens with two attached hydrogens (primary N) is 1. The molecule has 0 spiro atoms. The Morgan fingerprint density at radius 1 is 1.44 bits per heavy atom. The van der Waals surface area contributed by atoms with E-state index in [1.54, 1.807) is 6.07 Å². The number of carbonyl (C=O) groups excluding carboxylic acids is 1. The molecule has 0 fully saturated rings. The van der Waals surface area contributed by atoms with E-state index in [-0.39, 0.29) is 10.8 Å². The van der Waals surface area contributed by atoms with Crippen LogP contribution in [-0.2, 0) is 5.54 Å². The Morgan fingerprint density at radius 3 is 2.96 bits per heavy atom. The maximum Gasteiger partial charge on any atom is 0.275 e. The lowest BCUT2D eigenvalue weighted by Gasteiger charge is -2.30. The summed E-state index contributed by atoms with van der Waals surface area (Å²) in [5.74, 6) is -0.133. The van der Waals surface area contributed by atoms with Crippen LogP contribution in [0.3, 0.4) is 0 Å². The number of nitrogens with zero attached hydrogens (tertiary/aromatic N) is 3.